The first-order valence-corrected chi connectivity index (χ1v) is 8.90. The molecule has 3 heterocycles. The lowest BCUT2D eigenvalue weighted by Gasteiger charge is -2.34. The molecule has 3 aromatic rings. The summed E-state index contributed by atoms with van der Waals surface area (Å²) in [6.07, 6.45) is 2.69. The van der Waals surface area contributed by atoms with E-state index in [1.165, 1.54) is 5.69 Å². The Morgan fingerprint density at radius 1 is 1.19 bits per heavy atom. The maximum Gasteiger partial charge on any atom is 0.129 e. The Labute approximate surface area is 152 Å². The van der Waals surface area contributed by atoms with Gasteiger partial charge in [-0.25, -0.2) is 4.98 Å². The Kier molecular flexibility index (Phi) is 5.15. The average Bonchev–Trinajstić information content (AvgIpc) is 3.33. The van der Waals surface area contributed by atoms with E-state index in [0.29, 0.717) is 25.5 Å². The third-order valence-electron chi connectivity index (χ3n) is 4.78. The number of imidazole rings is 1. The summed E-state index contributed by atoms with van der Waals surface area (Å²) in [6.45, 7) is 2.66. The first kappa shape index (κ1) is 17.0. The lowest BCUT2D eigenvalue weighted by molar-refractivity contribution is 0.0361. The van der Waals surface area contributed by atoms with E-state index in [0.717, 1.165) is 30.0 Å². The Hall–Kier alpha value is -2.41. The number of aliphatic hydroxyl groups is 1. The zero-order valence-corrected chi connectivity index (χ0v) is 14.6. The van der Waals surface area contributed by atoms with Crippen LogP contribution in [-0.4, -0.2) is 33.1 Å². The number of ether oxygens (including phenoxy) is 1. The monoisotopic (exact) mass is 353 g/mol. The van der Waals surface area contributed by atoms with Crippen LogP contribution < -0.4 is 0 Å². The number of rotatable bonds is 7. The summed E-state index contributed by atoms with van der Waals surface area (Å²) in [5.74, 6) is 1.44. The van der Waals surface area contributed by atoms with Crippen molar-refractivity contribution in [3.05, 3.63) is 77.3 Å². The van der Waals surface area contributed by atoms with Crippen molar-refractivity contribution in [3.8, 4) is 0 Å². The van der Waals surface area contributed by atoms with Crippen LogP contribution in [0.1, 0.15) is 34.5 Å². The molecule has 1 aromatic carbocycles. The number of nitrogens with zero attached hydrogens (tertiary/aromatic N) is 2. The van der Waals surface area contributed by atoms with Crippen molar-refractivity contribution in [1.82, 2.24) is 14.9 Å². The van der Waals surface area contributed by atoms with E-state index in [9.17, 15) is 5.11 Å². The van der Waals surface area contributed by atoms with Crippen LogP contribution in [0.15, 0.2) is 53.2 Å². The van der Waals surface area contributed by atoms with Gasteiger partial charge in [0.05, 0.1) is 37.8 Å². The van der Waals surface area contributed by atoms with Crippen molar-refractivity contribution < 1.29 is 14.3 Å². The van der Waals surface area contributed by atoms with E-state index in [1.807, 2.05) is 30.3 Å². The molecule has 0 saturated carbocycles. The van der Waals surface area contributed by atoms with E-state index in [1.54, 1.807) is 6.33 Å². The number of H-pyrrole nitrogens is 1. The summed E-state index contributed by atoms with van der Waals surface area (Å²) >= 11 is 0. The van der Waals surface area contributed by atoms with Gasteiger partial charge in [0.25, 0.3) is 0 Å². The second-order valence-electron chi connectivity index (χ2n) is 6.53. The highest BCUT2D eigenvalue weighted by Crippen LogP contribution is 2.29. The van der Waals surface area contributed by atoms with Gasteiger partial charge >= 0.3 is 0 Å². The zero-order valence-electron chi connectivity index (χ0n) is 14.6. The summed E-state index contributed by atoms with van der Waals surface area (Å²) < 4.78 is 11.7. The minimum Gasteiger partial charge on any atom is -0.462 e. The topological polar surface area (TPSA) is 74.5 Å². The van der Waals surface area contributed by atoms with Gasteiger partial charge in [0.2, 0.25) is 0 Å². The zero-order chi connectivity index (χ0) is 17.8. The Balaban J connectivity index is 1.45. The van der Waals surface area contributed by atoms with E-state index >= 15 is 0 Å². The van der Waals surface area contributed by atoms with Crippen molar-refractivity contribution in [3.63, 3.8) is 0 Å². The second kappa shape index (κ2) is 7.86. The van der Waals surface area contributed by atoms with Crippen LogP contribution in [-0.2, 0) is 30.9 Å². The summed E-state index contributed by atoms with van der Waals surface area (Å²) in [6, 6.07) is 14.0. The van der Waals surface area contributed by atoms with Crippen LogP contribution in [0, 0.1) is 0 Å². The molecule has 6 nitrogen and oxygen atoms in total. The van der Waals surface area contributed by atoms with Gasteiger partial charge in [0, 0.05) is 18.7 Å². The highest BCUT2D eigenvalue weighted by atomic mass is 16.5. The molecular weight excluding hydrogens is 330 g/mol. The van der Waals surface area contributed by atoms with E-state index in [2.05, 4.69) is 27.0 Å². The summed E-state index contributed by atoms with van der Waals surface area (Å²) in [5, 5.41) is 9.19. The summed E-state index contributed by atoms with van der Waals surface area (Å²) in [7, 11) is 0. The summed E-state index contributed by atoms with van der Waals surface area (Å²) in [4.78, 5) is 10.1. The number of nitrogens with one attached hydrogen (secondary N) is 1. The van der Waals surface area contributed by atoms with Crippen LogP contribution in [0.2, 0.25) is 0 Å². The van der Waals surface area contributed by atoms with Crippen LogP contribution in [0.25, 0.3) is 0 Å². The van der Waals surface area contributed by atoms with Crippen molar-refractivity contribution >= 4 is 0 Å². The fourth-order valence-electron chi connectivity index (χ4n) is 3.43. The number of aromatic nitrogens is 2. The van der Waals surface area contributed by atoms with E-state index in [-0.39, 0.29) is 12.6 Å². The van der Waals surface area contributed by atoms with Gasteiger partial charge in [-0.15, -0.1) is 0 Å². The minimum atomic E-state index is -0.0763. The molecule has 136 valence electrons. The molecule has 0 unspecified atom stereocenters. The van der Waals surface area contributed by atoms with Gasteiger partial charge in [0.1, 0.15) is 18.1 Å². The SMILES string of the molecule is OCc1ccc(CN2CCc3[nH]cnc3[C@@H]2COCc2ccccc2)o1. The molecular formula is C20H23N3O3. The average molecular weight is 353 g/mol. The fourth-order valence-corrected chi connectivity index (χ4v) is 3.43. The highest BCUT2D eigenvalue weighted by Gasteiger charge is 2.30. The molecule has 6 heteroatoms. The smallest absolute Gasteiger partial charge is 0.129 e. The lowest BCUT2D eigenvalue weighted by Crippen LogP contribution is -2.37. The first-order chi connectivity index (χ1) is 12.8. The van der Waals surface area contributed by atoms with Crippen LogP contribution in [0.4, 0.5) is 0 Å². The number of aliphatic hydroxyl groups excluding tert-OH is 1. The Bertz CT molecular complexity index is 828. The number of benzene rings is 1. The minimum absolute atomic E-state index is 0.0763. The molecule has 0 spiro atoms. The number of fused-ring (bicyclic) bond motifs is 1. The molecule has 2 aromatic heterocycles. The van der Waals surface area contributed by atoms with Gasteiger partial charge in [-0.05, 0) is 17.7 Å². The molecule has 0 aliphatic carbocycles. The molecule has 0 amide bonds. The van der Waals surface area contributed by atoms with Crippen molar-refractivity contribution in [1.29, 1.82) is 0 Å². The maximum atomic E-state index is 9.19. The predicted molar refractivity (Wildman–Crippen MR) is 96.2 cm³/mol. The Morgan fingerprint density at radius 3 is 2.85 bits per heavy atom. The van der Waals surface area contributed by atoms with Crippen LogP contribution >= 0.6 is 0 Å². The van der Waals surface area contributed by atoms with Gasteiger partial charge in [-0.3, -0.25) is 4.90 Å². The largest absolute Gasteiger partial charge is 0.462 e. The second-order valence-corrected chi connectivity index (χ2v) is 6.53. The molecule has 2 N–H and O–H groups in total. The predicted octanol–water partition coefficient (Wildman–Crippen LogP) is 2.81. The molecule has 1 aliphatic rings. The van der Waals surface area contributed by atoms with Gasteiger partial charge in [-0.1, -0.05) is 30.3 Å². The van der Waals surface area contributed by atoms with Crippen LogP contribution in [0.3, 0.4) is 0 Å². The molecule has 1 aliphatic heterocycles. The maximum absolute atomic E-state index is 9.19. The highest BCUT2D eigenvalue weighted by molar-refractivity contribution is 5.20. The normalized spacial score (nSPS) is 17.3. The van der Waals surface area contributed by atoms with Crippen LogP contribution in [0.5, 0.6) is 0 Å². The fraction of sp³-hybridized carbons (Fsp3) is 0.350. The third-order valence-corrected chi connectivity index (χ3v) is 4.78. The molecule has 0 bridgehead atoms. The molecule has 26 heavy (non-hydrogen) atoms. The third kappa shape index (κ3) is 3.72. The van der Waals surface area contributed by atoms with E-state index in [4.69, 9.17) is 9.15 Å². The molecule has 0 radical (unpaired) electrons. The van der Waals surface area contributed by atoms with Gasteiger partial charge in [-0.2, -0.15) is 0 Å². The van der Waals surface area contributed by atoms with Gasteiger partial charge < -0.3 is 19.2 Å². The summed E-state index contributed by atoms with van der Waals surface area (Å²) in [5.41, 5.74) is 3.40. The van der Waals surface area contributed by atoms with E-state index < -0.39 is 0 Å². The molecule has 4 rings (SSSR count). The number of aromatic amines is 1. The standard InChI is InChI=1S/C20H23N3O3/c24-11-17-7-6-16(26-17)10-23-9-8-18-20(22-14-21-18)19(23)13-25-12-15-4-2-1-3-5-15/h1-7,14,19,24H,8-13H2,(H,21,22)/t19-/m0/s1. The number of furan rings is 1. The molecule has 0 saturated heterocycles. The molecule has 1 atom stereocenters. The first-order valence-electron chi connectivity index (χ1n) is 8.90. The van der Waals surface area contributed by atoms with Crippen molar-refractivity contribution in [2.45, 2.75) is 32.2 Å². The van der Waals surface area contributed by atoms with Crippen molar-refractivity contribution in [2.75, 3.05) is 13.2 Å². The lowest BCUT2D eigenvalue weighted by atomic mass is 10.0. The van der Waals surface area contributed by atoms with Crippen molar-refractivity contribution in [2.24, 2.45) is 0 Å². The molecule has 0 fully saturated rings. The number of hydrogen-bond donors (Lipinski definition) is 2. The van der Waals surface area contributed by atoms with Gasteiger partial charge in [0.15, 0.2) is 0 Å². The quantitative estimate of drug-likeness (QED) is 0.683. The Morgan fingerprint density at radius 2 is 2.04 bits per heavy atom. The number of hydrogen-bond acceptors (Lipinski definition) is 5.